The molecule has 4 heteroatoms. The van der Waals surface area contributed by atoms with Crippen molar-refractivity contribution in [2.24, 2.45) is 0 Å². The molecule has 16 heavy (non-hydrogen) atoms. The van der Waals surface area contributed by atoms with Crippen molar-refractivity contribution in [1.29, 1.82) is 0 Å². The lowest BCUT2D eigenvalue weighted by molar-refractivity contribution is 0.445. The summed E-state index contributed by atoms with van der Waals surface area (Å²) in [6.07, 6.45) is 3.66. The van der Waals surface area contributed by atoms with Gasteiger partial charge < -0.3 is 9.73 Å². The lowest BCUT2D eigenvalue weighted by atomic mass is 10.1. The molecule has 2 rings (SSSR count). The molecule has 0 aliphatic rings. The predicted octanol–water partition coefficient (Wildman–Crippen LogP) is 3.13. The molecule has 2 aromatic heterocycles. The normalized spacial score (nSPS) is 12.6. The summed E-state index contributed by atoms with van der Waals surface area (Å²) in [7, 11) is 0. The van der Waals surface area contributed by atoms with Gasteiger partial charge in [0.1, 0.15) is 5.76 Å². The first-order valence-corrected chi connectivity index (χ1v) is 6.21. The van der Waals surface area contributed by atoms with Crippen molar-refractivity contribution in [3.05, 3.63) is 51.7 Å². The number of halogens is 1. The first-order valence-electron chi connectivity index (χ1n) is 5.13. The van der Waals surface area contributed by atoms with Crippen LogP contribution in [0.25, 0.3) is 0 Å². The lowest BCUT2D eigenvalue weighted by Crippen LogP contribution is -2.17. The molecular formula is C12H13IN2O. The Hall–Kier alpha value is -0.880. The predicted molar refractivity (Wildman–Crippen MR) is 70.9 cm³/mol. The van der Waals surface area contributed by atoms with Crippen LogP contribution in [0.2, 0.25) is 0 Å². The number of rotatable bonds is 4. The van der Waals surface area contributed by atoms with Crippen LogP contribution in [0, 0.1) is 3.77 Å². The molecule has 0 unspecified atom stereocenters. The largest absolute Gasteiger partial charge is 0.454 e. The van der Waals surface area contributed by atoms with Crippen molar-refractivity contribution in [3.63, 3.8) is 0 Å². The standard InChI is InChI=1S/C12H13IN2O/c1-9(10-3-2-6-14-7-10)15-8-11-4-5-12(13)16-11/h2-7,9,15H,8H2,1H3/t9-/m1/s1. The van der Waals surface area contributed by atoms with Crippen molar-refractivity contribution in [3.8, 4) is 0 Å². The molecule has 2 aromatic rings. The molecule has 0 aliphatic heterocycles. The highest BCUT2D eigenvalue weighted by atomic mass is 127. The van der Waals surface area contributed by atoms with E-state index in [4.69, 9.17) is 4.42 Å². The van der Waals surface area contributed by atoms with E-state index in [1.807, 2.05) is 24.4 Å². The Kier molecular flexibility index (Phi) is 3.95. The zero-order valence-corrected chi connectivity index (χ0v) is 11.1. The minimum atomic E-state index is 0.275. The highest BCUT2D eigenvalue weighted by Crippen LogP contribution is 2.13. The second kappa shape index (κ2) is 5.45. The van der Waals surface area contributed by atoms with Gasteiger partial charge in [-0.2, -0.15) is 0 Å². The third-order valence-corrected chi connectivity index (χ3v) is 2.98. The van der Waals surface area contributed by atoms with E-state index in [1.165, 1.54) is 5.56 Å². The maximum atomic E-state index is 5.48. The zero-order chi connectivity index (χ0) is 11.4. The molecule has 1 N–H and O–H groups in total. The van der Waals surface area contributed by atoms with E-state index in [0.717, 1.165) is 16.1 Å². The van der Waals surface area contributed by atoms with E-state index in [-0.39, 0.29) is 6.04 Å². The molecule has 0 amide bonds. The van der Waals surface area contributed by atoms with Crippen LogP contribution < -0.4 is 5.32 Å². The summed E-state index contributed by atoms with van der Waals surface area (Å²) in [6, 6.07) is 8.24. The molecule has 1 atom stereocenters. The van der Waals surface area contributed by atoms with Crippen molar-refractivity contribution >= 4 is 22.6 Å². The van der Waals surface area contributed by atoms with Gasteiger partial charge in [-0.25, -0.2) is 0 Å². The highest BCUT2D eigenvalue weighted by molar-refractivity contribution is 14.1. The van der Waals surface area contributed by atoms with Crippen molar-refractivity contribution < 1.29 is 4.42 Å². The van der Waals surface area contributed by atoms with Crippen LogP contribution in [-0.2, 0) is 6.54 Å². The molecule has 84 valence electrons. The molecule has 0 saturated heterocycles. The van der Waals surface area contributed by atoms with Gasteiger partial charge in [-0.15, -0.1) is 0 Å². The van der Waals surface area contributed by atoms with Crippen LogP contribution >= 0.6 is 22.6 Å². The van der Waals surface area contributed by atoms with Crippen LogP contribution in [0.5, 0.6) is 0 Å². The molecule has 0 aromatic carbocycles. The van der Waals surface area contributed by atoms with E-state index in [2.05, 4.69) is 45.9 Å². The zero-order valence-electron chi connectivity index (χ0n) is 8.98. The van der Waals surface area contributed by atoms with E-state index < -0.39 is 0 Å². The summed E-state index contributed by atoms with van der Waals surface area (Å²) in [5.41, 5.74) is 1.18. The van der Waals surface area contributed by atoms with Gasteiger partial charge in [-0.3, -0.25) is 4.98 Å². The molecule has 0 spiro atoms. The smallest absolute Gasteiger partial charge is 0.164 e. The molecule has 3 nitrogen and oxygen atoms in total. The molecule has 0 aliphatic carbocycles. The Morgan fingerprint density at radius 1 is 1.44 bits per heavy atom. The molecule has 2 heterocycles. The Labute approximate surface area is 108 Å². The fraction of sp³-hybridized carbons (Fsp3) is 0.250. The summed E-state index contributed by atoms with van der Waals surface area (Å²) in [6.45, 7) is 2.85. The maximum absolute atomic E-state index is 5.48. The van der Waals surface area contributed by atoms with Crippen LogP contribution in [0.4, 0.5) is 0 Å². The van der Waals surface area contributed by atoms with Crippen molar-refractivity contribution in [2.75, 3.05) is 0 Å². The Morgan fingerprint density at radius 3 is 2.94 bits per heavy atom. The first-order chi connectivity index (χ1) is 7.75. The highest BCUT2D eigenvalue weighted by Gasteiger charge is 2.05. The minimum Gasteiger partial charge on any atom is -0.454 e. The fourth-order valence-electron chi connectivity index (χ4n) is 1.45. The van der Waals surface area contributed by atoms with E-state index in [9.17, 15) is 0 Å². The van der Waals surface area contributed by atoms with Crippen LogP contribution in [0.1, 0.15) is 24.3 Å². The Bertz CT molecular complexity index is 441. The molecule has 0 radical (unpaired) electrons. The van der Waals surface area contributed by atoms with E-state index in [1.54, 1.807) is 6.20 Å². The summed E-state index contributed by atoms with van der Waals surface area (Å²) in [5.74, 6) is 0.958. The van der Waals surface area contributed by atoms with E-state index in [0.29, 0.717) is 0 Å². The molecule has 0 bridgehead atoms. The van der Waals surface area contributed by atoms with Gasteiger partial charge in [0.2, 0.25) is 0 Å². The third-order valence-electron chi connectivity index (χ3n) is 2.40. The van der Waals surface area contributed by atoms with Gasteiger partial charge in [0.25, 0.3) is 0 Å². The lowest BCUT2D eigenvalue weighted by Gasteiger charge is -2.12. The quantitative estimate of drug-likeness (QED) is 0.877. The first kappa shape index (κ1) is 11.6. The van der Waals surface area contributed by atoms with Gasteiger partial charge in [0, 0.05) is 18.4 Å². The van der Waals surface area contributed by atoms with Gasteiger partial charge in [-0.1, -0.05) is 6.07 Å². The van der Waals surface area contributed by atoms with Crippen LogP contribution in [0.3, 0.4) is 0 Å². The molecule has 0 saturated carbocycles. The van der Waals surface area contributed by atoms with Crippen molar-refractivity contribution in [1.82, 2.24) is 10.3 Å². The Balaban J connectivity index is 1.91. The van der Waals surface area contributed by atoms with Gasteiger partial charge in [0.05, 0.1) is 6.54 Å². The summed E-state index contributed by atoms with van der Waals surface area (Å²) < 4.78 is 6.40. The summed E-state index contributed by atoms with van der Waals surface area (Å²) in [4.78, 5) is 4.10. The Morgan fingerprint density at radius 2 is 2.31 bits per heavy atom. The molecular weight excluding hydrogens is 315 g/mol. The van der Waals surface area contributed by atoms with Gasteiger partial charge in [0.15, 0.2) is 3.77 Å². The minimum absolute atomic E-state index is 0.275. The topological polar surface area (TPSA) is 38.1 Å². The number of nitrogens with zero attached hydrogens (tertiary/aromatic N) is 1. The average Bonchev–Trinajstić information content (AvgIpc) is 2.73. The van der Waals surface area contributed by atoms with Crippen molar-refractivity contribution in [2.45, 2.75) is 19.5 Å². The number of aromatic nitrogens is 1. The number of furan rings is 1. The fourth-order valence-corrected chi connectivity index (χ4v) is 1.91. The van der Waals surface area contributed by atoms with Gasteiger partial charge >= 0.3 is 0 Å². The summed E-state index contributed by atoms with van der Waals surface area (Å²) in [5, 5.41) is 3.39. The number of pyridine rings is 1. The van der Waals surface area contributed by atoms with E-state index >= 15 is 0 Å². The van der Waals surface area contributed by atoms with Gasteiger partial charge in [-0.05, 0) is 53.3 Å². The average molecular weight is 328 g/mol. The number of hydrogen-bond donors (Lipinski definition) is 1. The number of nitrogens with one attached hydrogen (secondary N) is 1. The third kappa shape index (κ3) is 3.05. The SMILES string of the molecule is C[C@@H](NCc1ccc(I)o1)c1cccnc1. The number of hydrogen-bond acceptors (Lipinski definition) is 3. The van der Waals surface area contributed by atoms with Crippen LogP contribution in [-0.4, -0.2) is 4.98 Å². The molecule has 0 fully saturated rings. The monoisotopic (exact) mass is 328 g/mol. The second-order valence-electron chi connectivity index (χ2n) is 3.59. The summed E-state index contributed by atoms with van der Waals surface area (Å²) >= 11 is 2.16. The second-order valence-corrected chi connectivity index (χ2v) is 4.66. The maximum Gasteiger partial charge on any atom is 0.164 e. The van der Waals surface area contributed by atoms with Crippen LogP contribution in [0.15, 0.2) is 41.1 Å².